The van der Waals surface area contributed by atoms with Crippen LogP contribution in [0.15, 0.2) is 46.9 Å². The van der Waals surface area contributed by atoms with Crippen molar-refractivity contribution in [3.8, 4) is 11.6 Å². The Morgan fingerprint density at radius 3 is 2.76 bits per heavy atom. The highest BCUT2D eigenvalue weighted by Crippen LogP contribution is 2.30. The van der Waals surface area contributed by atoms with Gasteiger partial charge in [-0.3, -0.25) is 9.48 Å². The number of carbonyl (C=O) groups excluding carboxylic acids is 1. The molecule has 2 aromatic carbocycles. The van der Waals surface area contributed by atoms with Gasteiger partial charge in [0.25, 0.3) is 0 Å². The second-order valence-corrected chi connectivity index (χ2v) is 6.61. The zero-order chi connectivity index (χ0) is 17.6. The Morgan fingerprint density at radius 1 is 1.20 bits per heavy atom. The van der Waals surface area contributed by atoms with Gasteiger partial charge in [0.2, 0.25) is 5.89 Å². The molecule has 0 aliphatic rings. The maximum Gasteiger partial charge on any atom is 0.248 e. The van der Waals surface area contributed by atoms with Crippen LogP contribution in [0.3, 0.4) is 0 Å². The number of nitrogens with zero attached hydrogens (tertiary/aromatic N) is 3. The number of benzene rings is 2. The molecule has 0 aliphatic heterocycles. The quantitative estimate of drug-likeness (QED) is 0.563. The normalized spacial score (nSPS) is 11.7. The summed E-state index contributed by atoms with van der Waals surface area (Å²) in [6, 6.07) is 13.7. The lowest BCUT2D eigenvalue weighted by molar-refractivity contribution is -0.121. The molecule has 2 aromatic heterocycles. The van der Waals surface area contributed by atoms with Crippen molar-refractivity contribution < 1.29 is 9.21 Å². The second-order valence-electron chi connectivity index (χ2n) is 6.61. The number of rotatable bonds is 4. The van der Waals surface area contributed by atoms with Gasteiger partial charge < -0.3 is 4.42 Å². The van der Waals surface area contributed by atoms with Gasteiger partial charge in [-0.15, -0.1) is 0 Å². The highest BCUT2D eigenvalue weighted by atomic mass is 16.3. The van der Waals surface area contributed by atoms with Gasteiger partial charge in [0.1, 0.15) is 11.3 Å². The third-order valence-corrected chi connectivity index (χ3v) is 4.43. The number of para-hydroxylation sites is 2. The number of aryl methyl sites for hydroxylation is 1. The summed E-state index contributed by atoms with van der Waals surface area (Å²) in [6.45, 7) is 3.85. The molecule has 4 rings (SSSR count). The zero-order valence-corrected chi connectivity index (χ0v) is 14.5. The predicted octanol–water partition coefficient (Wildman–Crippen LogP) is 4.15. The molecule has 5 heteroatoms. The van der Waals surface area contributed by atoms with Crippen molar-refractivity contribution in [3.05, 3.63) is 48.0 Å². The van der Waals surface area contributed by atoms with Crippen LogP contribution in [0.2, 0.25) is 0 Å². The first-order chi connectivity index (χ1) is 12.0. The summed E-state index contributed by atoms with van der Waals surface area (Å²) < 4.78 is 7.69. The number of hydrogen-bond donors (Lipinski definition) is 0. The van der Waals surface area contributed by atoms with E-state index < -0.39 is 0 Å². The molecule has 0 radical (unpaired) electrons. The number of aromatic nitrogens is 3. The van der Waals surface area contributed by atoms with Gasteiger partial charge in [0.15, 0.2) is 11.3 Å². The van der Waals surface area contributed by atoms with Gasteiger partial charge in [-0.2, -0.15) is 5.10 Å². The number of oxazole rings is 1. The molecule has 0 fully saturated rings. The molecule has 0 aliphatic carbocycles. The highest BCUT2D eigenvalue weighted by Gasteiger charge is 2.17. The van der Waals surface area contributed by atoms with Gasteiger partial charge in [-0.1, -0.05) is 32.0 Å². The molecule has 0 saturated heterocycles. The molecular formula is C20H19N3O2. The fourth-order valence-corrected chi connectivity index (χ4v) is 2.96. The van der Waals surface area contributed by atoms with Crippen LogP contribution in [0.4, 0.5) is 0 Å². The van der Waals surface area contributed by atoms with Crippen molar-refractivity contribution >= 4 is 27.8 Å². The fourth-order valence-electron chi connectivity index (χ4n) is 2.96. The van der Waals surface area contributed by atoms with Crippen molar-refractivity contribution in [1.29, 1.82) is 0 Å². The lowest BCUT2D eigenvalue weighted by Gasteiger charge is -2.04. The SMILES string of the molecule is CC(C)C(=O)Cc1ccc2c(c1)c(-c1nc3ccccc3o1)nn2C. The maximum atomic E-state index is 12.1. The first-order valence-electron chi connectivity index (χ1n) is 8.37. The number of Topliss-reactive ketones (excluding diaryl/α,β-unsaturated/α-hetero) is 1. The molecule has 0 amide bonds. The lowest BCUT2D eigenvalue weighted by atomic mass is 10.00. The number of ketones is 1. The van der Waals surface area contributed by atoms with E-state index in [1.54, 1.807) is 0 Å². The van der Waals surface area contributed by atoms with E-state index in [0.717, 1.165) is 27.6 Å². The van der Waals surface area contributed by atoms with E-state index >= 15 is 0 Å². The molecule has 5 nitrogen and oxygen atoms in total. The highest BCUT2D eigenvalue weighted by molar-refractivity contribution is 5.94. The molecule has 2 heterocycles. The summed E-state index contributed by atoms with van der Waals surface area (Å²) >= 11 is 0. The van der Waals surface area contributed by atoms with E-state index in [-0.39, 0.29) is 11.7 Å². The summed E-state index contributed by atoms with van der Waals surface area (Å²) in [5, 5.41) is 5.53. The van der Waals surface area contributed by atoms with Crippen molar-refractivity contribution in [2.24, 2.45) is 13.0 Å². The zero-order valence-electron chi connectivity index (χ0n) is 14.5. The van der Waals surface area contributed by atoms with E-state index in [2.05, 4.69) is 10.1 Å². The van der Waals surface area contributed by atoms with Gasteiger partial charge in [0.05, 0.1) is 5.52 Å². The van der Waals surface area contributed by atoms with Crippen molar-refractivity contribution in [2.75, 3.05) is 0 Å². The van der Waals surface area contributed by atoms with Crippen LogP contribution in [0.1, 0.15) is 19.4 Å². The Labute approximate surface area is 145 Å². The molecule has 0 unspecified atom stereocenters. The number of fused-ring (bicyclic) bond motifs is 2. The number of hydrogen-bond acceptors (Lipinski definition) is 4. The second kappa shape index (κ2) is 5.84. The molecule has 126 valence electrons. The van der Waals surface area contributed by atoms with E-state index in [4.69, 9.17) is 4.42 Å². The smallest absolute Gasteiger partial charge is 0.248 e. The molecule has 0 bridgehead atoms. The van der Waals surface area contributed by atoms with Crippen LogP contribution in [-0.2, 0) is 18.3 Å². The third kappa shape index (κ3) is 2.71. The van der Waals surface area contributed by atoms with E-state index in [9.17, 15) is 4.79 Å². The lowest BCUT2D eigenvalue weighted by Crippen LogP contribution is -2.10. The Balaban J connectivity index is 1.84. The first kappa shape index (κ1) is 15.6. The van der Waals surface area contributed by atoms with Gasteiger partial charge in [-0.25, -0.2) is 4.98 Å². The Bertz CT molecular complexity index is 1060. The molecule has 4 aromatic rings. The van der Waals surface area contributed by atoms with Gasteiger partial charge in [0, 0.05) is 24.8 Å². The summed E-state index contributed by atoms with van der Waals surface area (Å²) in [7, 11) is 1.90. The van der Waals surface area contributed by atoms with Gasteiger partial charge in [-0.05, 0) is 29.8 Å². The van der Waals surface area contributed by atoms with Crippen LogP contribution < -0.4 is 0 Å². The summed E-state index contributed by atoms with van der Waals surface area (Å²) in [4.78, 5) is 16.6. The largest absolute Gasteiger partial charge is 0.435 e. The molecule has 25 heavy (non-hydrogen) atoms. The summed E-state index contributed by atoms with van der Waals surface area (Å²) in [5.74, 6) is 0.756. The van der Waals surface area contributed by atoms with E-state index in [1.807, 2.05) is 68.0 Å². The fraction of sp³-hybridized carbons (Fsp3) is 0.250. The minimum Gasteiger partial charge on any atom is -0.435 e. The van der Waals surface area contributed by atoms with Crippen LogP contribution in [0.5, 0.6) is 0 Å². The van der Waals surface area contributed by atoms with E-state index in [1.165, 1.54) is 0 Å². The maximum absolute atomic E-state index is 12.1. The first-order valence-corrected chi connectivity index (χ1v) is 8.37. The van der Waals surface area contributed by atoms with Crippen molar-refractivity contribution in [1.82, 2.24) is 14.8 Å². The molecular weight excluding hydrogens is 314 g/mol. The average Bonchev–Trinajstić information content (AvgIpc) is 3.15. The van der Waals surface area contributed by atoms with Crippen LogP contribution in [-0.4, -0.2) is 20.5 Å². The minimum atomic E-state index is 0.0288. The average molecular weight is 333 g/mol. The molecule has 0 saturated carbocycles. The molecule has 0 spiro atoms. The molecule has 0 N–H and O–H groups in total. The third-order valence-electron chi connectivity index (χ3n) is 4.43. The molecule has 0 atom stereocenters. The van der Waals surface area contributed by atoms with E-state index in [0.29, 0.717) is 18.0 Å². The monoisotopic (exact) mass is 333 g/mol. The topological polar surface area (TPSA) is 60.9 Å². The Morgan fingerprint density at radius 2 is 2.00 bits per heavy atom. The van der Waals surface area contributed by atoms with Crippen LogP contribution in [0.25, 0.3) is 33.6 Å². The van der Waals surface area contributed by atoms with Crippen LogP contribution in [0, 0.1) is 5.92 Å². The minimum absolute atomic E-state index is 0.0288. The van der Waals surface area contributed by atoms with Gasteiger partial charge >= 0.3 is 0 Å². The summed E-state index contributed by atoms with van der Waals surface area (Å²) in [6.07, 6.45) is 0.426. The summed E-state index contributed by atoms with van der Waals surface area (Å²) in [5.41, 5.74) is 4.21. The Hall–Kier alpha value is -2.95. The van der Waals surface area contributed by atoms with Crippen molar-refractivity contribution in [3.63, 3.8) is 0 Å². The number of carbonyl (C=O) groups is 1. The van der Waals surface area contributed by atoms with Crippen LogP contribution >= 0.6 is 0 Å². The standard InChI is InChI=1S/C20H19N3O2/c1-12(2)17(24)11-13-8-9-16-14(10-13)19(22-23(16)3)20-21-15-6-4-5-7-18(15)25-20/h4-10,12H,11H2,1-3H3. The Kier molecular flexibility index (Phi) is 3.64. The van der Waals surface area contributed by atoms with Crippen molar-refractivity contribution in [2.45, 2.75) is 20.3 Å². The predicted molar refractivity (Wildman–Crippen MR) is 97.3 cm³/mol.